The number of carboxylic acids is 1. The maximum Gasteiger partial charge on any atom is 0.410 e. The molecule has 0 atom stereocenters. The zero-order chi connectivity index (χ0) is 13.3. The van der Waals surface area contributed by atoms with Gasteiger partial charge in [0, 0.05) is 13.1 Å². The average Bonchev–Trinajstić information content (AvgIpc) is 2.06. The average molecular weight is 241 g/mol. The van der Waals surface area contributed by atoms with Crippen molar-refractivity contribution in [2.45, 2.75) is 32.8 Å². The van der Waals surface area contributed by atoms with E-state index < -0.39 is 23.1 Å². The molecule has 1 aliphatic heterocycles. The lowest BCUT2D eigenvalue weighted by atomic mass is 9.77. The lowest BCUT2D eigenvalue weighted by Gasteiger charge is -2.46. The molecular weight excluding hydrogens is 222 g/mol. The van der Waals surface area contributed by atoms with Crippen molar-refractivity contribution >= 4 is 12.1 Å². The van der Waals surface area contributed by atoms with Crippen LogP contribution in [-0.4, -0.2) is 40.8 Å². The molecule has 0 aromatic carbocycles. The first-order chi connectivity index (χ1) is 7.70. The Balaban J connectivity index is 2.57. The second-order valence-electron chi connectivity index (χ2n) is 5.41. The Kier molecular flexibility index (Phi) is 3.50. The highest BCUT2D eigenvalue weighted by Crippen LogP contribution is 2.35. The van der Waals surface area contributed by atoms with Crippen molar-refractivity contribution in [3.05, 3.63) is 12.7 Å². The van der Waals surface area contributed by atoms with Gasteiger partial charge in [0.2, 0.25) is 0 Å². The minimum atomic E-state index is -0.891. The zero-order valence-electron chi connectivity index (χ0n) is 10.5. The summed E-state index contributed by atoms with van der Waals surface area (Å²) in [5.41, 5.74) is -1.43. The van der Waals surface area contributed by atoms with Crippen molar-refractivity contribution in [2.75, 3.05) is 13.1 Å². The first-order valence-corrected chi connectivity index (χ1v) is 5.52. The van der Waals surface area contributed by atoms with Crippen LogP contribution in [0, 0.1) is 5.41 Å². The molecule has 1 fully saturated rings. The molecule has 0 aromatic rings. The topological polar surface area (TPSA) is 66.8 Å². The number of nitrogens with zero attached hydrogens (tertiary/aromatic N) is 1. The van der Waals surface area contributed by atoms with E-state index in [4.69, 9.17) is 9.84 Å². The molecule has 1 aliphatic rings. The third kappa shape index (κ3) is 2.99. The van der Waals surface area contributed by atoms with Crippen LogP contribution in [0.5, 0.6) is 0 Å². The Morgan fingerprint density at radius 2 is 2.00 bits per heavy atom. The van der Waals surface area contributed by atoms with Gasteiger partial charge in [-0.05, 0) is 27.2 Å². The van der Waals surface area contributed by atoms with Crippen molar-refractivity contribution in [3.8, 4) is 0 Å². The number of rotatable bonds is 3. The zero-order valence-corrected chi connectivity index (χ0v) is 10.5. The molecule has 0 aromatic heterocycles. The molecule has 0 unspecified atom stereocenters. The van der Waals surface area contributed by atoms with Crippen LogP contribution >= 0.6 is 0 Å². The fourth-order valence-corrected chi connectivity index (χ4v) is 1.77. The fraction of sp³-hybridized carbons (Fsp3) is 0.667. The van der Waals surface area contributed by atoms with Crippen molar-refractivity contribution in [1.82, 2.24) is 4.90 Å². The highest BCUT2D eigenvalue weighted by Gasteiger charge is 2.51. The summed E-state index contributed by atoms with van der Waals surface area (Å²) in [5, 5.41) is 9.12. The van der Waals surface area contributed by atoms with Gasteiger partial charge in [-0.15, -0.1) is 6.58 Å². The highest BCUT2D eigenvalue weighted by molar-refractivity contribution is 5.80. The quantitative estimate of drug-likeness (QED) is 0.766. The van der Waals surface area contributed by atoms with E-state index in [0.717, 1.165) is 0 Å². The molecule has 0 saturated carbocycles. The number of ether oxygens (including phenoxy) is 1. The molecule has 0 radical (unpaired) electrons. The molecule has 96 valence electrons. The van der Waals surface area contributed by atoms with E-state index >= 15 is 0 Å². The summed E-state index contributed by atoms with van der Waals surface area (Å²) < 4.78 is 5.16. The Morgan fingerprint density at radius 1 is 1.47 bits per heavy atom. The Labute approximate surface area is 101 Å². The van der Waals surface area contributed by atoms with Gasteiger partial charge < -0.3 is 14.7 Å². The summed E-state index contributed by atoms with van der Waals surface area (Å²) in [7, 11) is 0. The molecule has 5 nitrogen and oxygen atoms in total. The van der Waals surface area contributed by atoms with Crippen LogP contribution in [0.1, 0.15) is 27.2 Å². The smallest absolute Gasteiger partial charge is 0.410 e. The molecule has 0 spiro atoms. The third-order valence-electron chi connectivity index (χ3n) is 2.63. The van der Waals surface area contributed by atoms with E-state index in [1.54, 1.807) is 26.8 Å². The van der Waals surface area contributed by atoms with Gasteiger partial charge in [-0.25, -0.2) is 4.79 Å². The van der Waals surface area contributed by atoms with E-state index in [2.05, 4.69) is 6.58 Å². The van der Waals surface area contributed by atoms with Crippen molar-refractivity contribution in [2.24, 2.45) is 5.41 Å². The summed E-state index contributed by atoms with van der Waals surface area (Å²) in [6.45, 7) is 9.24. The number of aliphatic carboxylic acids is 1. The molecule has 17 heavy (non-hydrogen) atoms. The van der Waals surface area contributed by atoms with Gasteiger partial charge in [-0.3, -0.25) is 4.79 Å². The van der Waals surface area contributed by atoms with Crippen LogP contribution < -0.4 is 0 Å². The van der Waals surface area contributed by atoms with Gasteiger partial charge in [0.25, 0.3) is 0 Å². The lowest BCUT2D eigenvalue weighted by molar-refractivity contribution is -0.158. The second-order valence-corrected chi connectivity index (χ2v) is 5.41. The van der Waals surface area contributed by atoms with E-state index in [-0.39, 0.29) is 13.1 Å². The molecular formula is C12H19NO4. The van der Waals surface area contributed by atoms with Crippen LogP contribution in [0.25, 0.3) is 0 Å². The normalized spacial score (nSPS) is 18.2. The first-order valence-electron chi connectivity index (χ1n) is 5.52. The fourth-order valence-electron chi connectivity index (χ4n) is 1.77. The molecule has 1 heterocycles. The van der Waals surface area contributed by atoms with Crippen molar-refractivity contribution in [3.63, 3.8) is 0 Å². The van der Waals surface area contributed by atoms with Crippen LogP contribution in [-0.2, 0) is 9.53 Å². The molecule has 0 bridgehead atoms. The van der Waals surface area contributed by atoms with Crippen LogP contribution in [0.4, 0.5) is 4.79 Å². The Bertz CT molecular complexity index is 337. The largest absolute Gasteiger partial charge is 0.481 e. The number of allylic oxidation sites excluding steroid dienone is 1. The van der Waals surface area contributed by atoms with E-state index in [1.165, 1.54) is 4.90 Å². The van der Waals surface area contributed by atoms with Gasteiger partial charge in [0.05, 0.1) is 0 Å². The Morgan fingerprint density at radius 3 is 2.35 bits per heavy atom. The number of likely N-dealkylation sites (tertiary alicyclic amines) is 1. The number of carbonyl (C=O) groups excluding carboxylic acids is 1. The summed E-state index contributed by atoms with van der Waals surface area (Å²) in [6.07, 6.45) is 1.47. The van der Waals surface area contributed by atoms with Gasteiger partial charge in [0.1, 0.15) is 11.0 Å². The first kappa shape index (κ1) is 13.5. The van der Waals surface area contributed by atoms with Crippen molar-refractivity contribution < 1.29 is 19.4 Å². The minimum absolute atomic E-state index is 0.184. The number of hydrogen-bond acceptors (Lipinski definition) is 3. The predicted molar refractivity (Wildman–Crippen MR) is 62.7 cm³/mol. The van der Waals surface area contributed by atoms with E-state index in [1.807, 2.05) is 0 Å². The summed E-state index contributed by atoms with van der Waals surface area (Å²) >= 11 is 0. The predicted octanol–water partition coefficient (Wildman–Crippen LogP) is 1.88. The number of carbonyl (C=O) groups is 2. The minimum Gasteiger partial charge on any atom is -0.481 e. The molecule has 1 N–H and O–H groups in total. The van der Waals surface area contributed by atoms with Crippen LogP contribution in [0.2, 0.25) is 0 Å². The van der Waals surface area contributed by atoms with Gasteiger partial charge in [-0.2, -0.15) is 0 Å². The van der Waals surface area contributed by atoms with Crippen LogP contribution in [0.15, 0.2) is 12.7 Å². The monoisotopic (exact) mass is 241 g/mol. The maximum atomic E-state index is 11.6. The summed E-state index contributed by atoms with van der Waals surface area (Å²) in [6, 6.07) is 0. The molecule has 1 amide bonds. The van der Waals surface area contributed by atoms with E-state index in [0.29, 0.717) is 6.42 Å². The second kappa shape index (κ2) is 4.39. The standard InChI is InChI=1S/C12H19NO4/c1-5-6-12(9(14)15)7-13(8-12)10(16)17-11(2,3)4/h5H,1,6-8H2,2-4H3,(H,14,15). The van der Waals surface area contributed by atoms with Gasteiger partial charge in [-0.1, -0.05) is 6.08 Å². The number of amides is 1. The van der Waals surface area contributed by atoms with E-state index in [9.17, 15) is 9.59 Å². The number of carboxylic acid groups (broad SMARTS) is 1. The van der Waals surface area contributed by atoms with Crippen LogP contribution in [0.3, 0.4) is 0 Å². The van der Waals surface area contributed by atoms with Gasteiger partial charge >= 0.3 is 12.1 Å². The Hall–Kier alpha value is -1.52. The molecule has 0 aliphatic carbocycles. The third-order valence-corrected chi connectivity index (χ3v) is 2.63. The SMILES string of the molecule is C=CCC1(C(=O)O)CN(C(=O)OC(C)(C)C)C1. The molecule has 1 rings (SSSR count). The number of hydrogen-bond donors (Lipinski definition) is 1. The van der Waals surface area contributed by atoms with Crippen molar-refractivity contribution in [1.29, 1.82) is 0 Å². The highest BCUT2D eigenvalue weighted by atomic mass is 16.6. The summed E-state index contributed by atoms with van der Waals surface area (Å²) in [5.74, 6) is -0.891. The lowest BCUT2D eigenvalue weighted by Crippen LogP contribution is -2.62. The maximum absolute atomic E-state index is 11.6. The molecule has 5 heteroatoms. The molecule has 1 saturated heterocycles. The van der Waals surface area contributed by atoms with Gasteiger partial charge in [0.15, 0.2) is 0 Å². The summed E-state index contributed by atoms with van der Waals surface area (Å²) in [4.78, 5) is 24.2.